The maximum Gasteiger partial charge on any atom is 0.245 e. The van der Waals surface area contributed by atoms with Gasteiger partial charge in [0.1, 0.15) is 6.04 Å². The van der Waals surface area contributed by atoms with Crippen LogP contribution in [0.15, 0.2) is 35.8 Å². The number of nitrogens with zero attached hydrogens (tertiary/aromatic N) is 1. The van der Waals surface area contributed by atoms with Gasteiger partial charge in [0.15, 0.2) is 11.5 Å². The largest absolute Gasteiger partial charge is 0.454 e. The first kappa shape index (κ1) is 13.1. The third-order valence-electron chi connectivity index (χ3n) is 2.99. The molecule has 0 fully saturated rings. The lowest BCUT2D eigenvalue weighted by Crippen LogP contribution is -2.33. The Kier molecular flexibility index (Phi) is 3.64. The molecule has 0 saturated carbocycles. The average Bonchev–Trinajstić information content (AvgIpc) is 3.12. The van der Waals surface area contributed by atoms with E-state index in [2.05, 4.69) is 16.9 Å². The fraction of sp³-hybridized carbons (Fsp3) is 0.286. The van der Waals surface area contributed by atoms with Gasteiger partial charge in [-0.25, -0.2) is 0 Å². The zero-order valence-electron chi connectivity index (χ0n) is 10.8. The number of aliphatic imine (C=N–C) groups is 1. The van der Waals surface area contributed by atoms with Gasteiger partial charge in [0, 0.05) is 17.9 Å². The number of benzene rings is 1. The topological polar surface area (TPSA) is 59.9 Å². The van der Waals surface area contributed by atoms with Gasteiger partial charge < -0.3 is 14.8 Å². The first-order chi connectivity index (χ1) is 9.78. The molecular formula is C14H14N2O3S. The molecule has 6 heteroatoms. The number of ether oxygens (including phenoxy) is 2. The van der Waals surface area contributed by atoms with Crippen molar-refractivity contribution in [3.05, 3.63) is 36.4 Å². The lowest BCUT2D eigenvalue weighted by atomic mass is 10.2. The van der Waals surface area contributed by atoms with Gasteiger partial charge in [-0.2, -0.15) is 0 Å². The van der Waals surface area contributed by atoms with E-state index < -0.39 is 0 Å². The van der Waals surface area contributed by atoms with Crippen LogP contribution in [0.5, 0.6) is 11.5 Å². The van der Waals surface area contributed by atoms with E-state index in [1.54, 1.807) is 17.8 Å². The zero-order valence-corrected chi connectivity index (χ0v) is 11.6. The summed E-state index contributed by atoms with van der Waals surface area (Å²) >= 11 is 1.58. The summed E-state index contributed by atoms with van der Waals surface area (Å²) in [7, 11) is 0. The van der Waals surface area contributed by atoms with Crippen LogP contribution in [0.3, 0.4) is 0 Å². The van der Waals surface area contributed by atoms with Gasteiger partial charge in [0.25, 0.3) is 0 Å². The van der Waals surface area contributed by atoms with Crippen molar-refractivity contribution in [3.8, 4) is 11.5 Å². The Bertz CT molecular complexity index is 586. The molecule has 1 aromatic rings. The highest BCUT2D eigenvalue weighted by Crippen LogP contribution is 2.34. The lowest BCUT2D eigenvalue weighted by Gasteiger charge is -2.05. The van der Waals surface area contributed by atoms with Crippen LogP contribution in [-0.2, 0) is 4.79 Å². The maximum atomic E-state index is 11.8. The lowest BCUT2D eigenvalue weighted by molar-refractivity contribution is -0.121. The van der Waals surface area contributed by atoms with Crippen LogP contribution in [0.4, 0.5) is 0 Å². The van der Waals surface area contributed by atoms with Crippen molar-refractivity contribution in [2.24, 2.45) is 4.99 Å². The predicted molar refractivity (Wildman–Crippen MR) is 78.6 cm³/mol. The minimum absolute atomic E-state index is 0.0619. The van der Waals surface area contributed by atoms with Crippen LogP contribution >= 0.6 is 11.8 Å². The molecule has 104 valence electrons. The van der Waals surface area contributed by atoms with Gasteiger partial charge in [-0.3, -0.25) is 9.79 Å². The van der Waals surface area contributed by atoms with Gasteiger partial charge in [0.05, 0.1) is 5.04 Å². The van der Waals surface area contributed by atoms with Gasteiger partial charge in [-0.05, 0) is 18.2 Å². The molecule has 1 N–H and O–H groups in total. The number of nitrogens with one attached hydrogen (secondary N) is 1. The minimum Gasteiger partial charge on any atom is -0.454 e. The number of hydrogen-bond donors (Lipinski definition) is 1. The molecule has 5 nitrogen and oxygen atoms in total. The van der Waals surface area contributed by atoms with Gasteiger partial charge in [-0.1, -0.05) is 6.08 Å². The van der Waals surface area contributed by atoms with E-state index in [4.69, 9.17) is 9.47 Å². The second-order valence-electron chi connectivity index (χ2n) is 4.36. The van der Waals surface area contributed by atoms with Gasteiger partial charge in [0.2, 0.25) is 12.7 Å². The van der Waals surface area contributed by atoms with Gasteiger partial charge in [-0.15, -0.1) is 18.3 Å². The highest BCUT2D eigenvalue weighted by Gasteiger charge is 2.26. The predicted octanol–water partition coefficient (Wildman–Crippen LogP) is 1.58. The van der Waals surface area contributed by atoms with E-state index in [1.165, 1.54) is 0 Å². The van der Waals surface area contributed by atoms with Crippen LogP contribution < -0.4 is 14.8 Å². The second-order valence-corrected chi connectivity index (χ2v) is 5.37. The first-order valence-electron chi connectivity index (χ1n) is 6.27. The molecule has 3 rings (SSSR count). The van der Waals surface area contributed by atoms with Gasteiger partial charge >= 0.3 is 0 Å². The highest BCUT2D eigenvalue weighted by molar-refractivity contribution is 8.14. The molecule has 0 bridgehead atoms. The number of hydrogen-bond acceptors (Lipinski definition) is 5. The Morgan fingerprint density at radius 1 is 1.50 bits per heavy atom. The third-order valence-corrected chi connectivity index (χ3v) is 4.09. The van der Waals surface area contributed by atoms with Crippen molar-refractivity contribution >= 4 is 22.7 Å². The van der Waals surface area contributed by atoms with Crippen molar-refractivity contribution in [2.75, 3.05) is 19.1 Å². The average molecular weight is 290 g/mol. The Hall–Kier alpha value is -1.95. The third kappa shape index (κ3) is 2.51. The monoisotopic (exact) mass is 290 g/mol. The van der Waals surface area contributed by atoms with Crippen LogP contribution in [0, 0.1) is 0 Å². The maximum absolute atomic E-state index is 11.8. The highest BCUT2D eigenvalue weighted by atomic mass is 32.2. The molecular weight excluding hydrogens is 276 g/mol. The van der Waals surface area contributed by atoms with E-state index in [1.807, 2.05) is 18.2 Å². The van der Waals surface area contributed by atoms with Crippen LogP contribution in [-0.4, -0.2) is 36.1 Å². The first-order valence-corrected chi connectivity index (χ1v) is 7.25. The SMILES string of the molecule is C=CCNC(=O)C1CSC(c2ccc3c(c2)OCO3)=N1. The fourth-order valence-corrected chi connectivity index (χ4v) is 3.02. The summed E-state index contributed by atoms with van der Waals surface area (Å²) in [6.45, 7) is 4.30. The summed E-state index contributed by atoms with van der Waals surface area (Å²) in [5, 5.41) is 3.63. The summed E-state index contributed by atoms with van der Waals surface area (Å²) in [5.74, 6) is 2.07. The smallest absolute Gasteiger partial charge is 0.245 e. The number of carbonyl (C=O) groups excluding carboxylic acids is 1. The van der Waals surface area contributed by atoms with Crippen molar-refractivity contribution in [1.82, 2.24) is 5.32 Å². The minimum atomic E-state index is -0.333. The molecule has 2 heterocycles. The molecule has 1 unspecified atom stereocenters. The summed E-state index contributed by atoms with van der Waals surface area (Å²) in [4.78, 5) is 16.3. The molecule has 0 radical (unpaired) electrons. The number of fused-ring (bicyclic) bond motifs is 1. The molecule has 1 amide bonds. The van der Waals surface area contributed by atoms with Crippen LogP contribution in [0.25, 0.3) is 0 Å². The number of amides is 1. The summed E-state index contributed by atoms with van der Waals surface area (Å²) in [5.41, 5.74) is 0.957. The molecule has 1 atom stereocenters. The molecule has 0 aliphatic carbocycles. The number of carbonyl (C=O) groups is 1. The molecule has 0 spiro atoms. The Labute approximate surface area is 121 Å². The van der Waals surface area contributed by atoms with Crippen molar-refractivity contribution in [2.45, 2.75) is 6.04 Å². The summed E-state index contributed by atoms with van der Waals surface area (Å²) < 4.78 is 10.6. The number of rotatable bonds is 4. The van der Waals surface area contributed by atoms with E-state index in [0.29, 0.717) is 12.3 Å². The van der Waals surface area contributed by atoms with Crippen molar-refractivity contribution in [1.29, 1.82) is 0 Å². The van der Waals surface area contributed by atoms with Crippen molar-refractivity contribution in [3.63, 3.8) is 0 Å². The van der Waals surface area contributed by atoms with E-state index in [9.17, 15) is 4.79 Å². The summed E-state index contributed by atoms with van der Waals surface area (Å²) in [6, 6.07) is 5.37. The molecule has 20 heavy (non-hydrogen) atoms. The molecule has 0 saturated heterocycles. The van der Waals surface area contributed by atoms with E-state index in [0.717, 1.165) is 22.1 Å². The molecule has 0 aromatic heterocycles. The van der Waals surface area contributed by atoms with Crippen LogP contribution in [0.1, 0.15) is 5.56 Å². The molecule has 2 aliphatic heterocycles. The quantitative estimate of drug-likeness (QED) is 0.855. The molecule has 1 aromatic carbocycles. The van der Waals surface area contributed by atoms with E-state index in [-0.39, 0.29) is 18.7 Å². The number of thioether (sulfide) groups is 1. The standard InChI is InChI=1S/C14H14N2O3S/c1-2-5-15-13(17)10-7-20-14(16-10)9-3-4-11-12(6-9)19-8-18-11/h2-4,6,10H,1,5,7-8H2,(H,15,17). The van der Waals surface area contributed by atoms with Crippen molar-refractivity contribution < 1.29 is 14.3 Å². The fourth-order valence-electron chi connectivity index (χ4n) is 1.99. The van der Waals surface area contributed by atoms with E-state index >= 15 is 0 Å². The Morgan fingerprint density at radius 3 is 3.20 bits per heavy atom. The Balaban J connectivity index is 1.75. The zero-order chi connectivity index (χ0) is 13.9. The van der Waals surface area contributed by atoms with Crippen LogP contribution in [0.2, 0.25) is 0 Å². The second kappa shape index (κ2) is 5.58. The Morgan fingerprint density at radius 2 is 2.35 bits per heavy atom. The summed E-state index contributed by atoms with van der Waals surface area (Å²) in [6.07, 6.45) is 1.66. The normalized spacial score (nSPS) is 19.6. The molecule has 2 aliphatic rings.